The number of carbonyl (C=O) groups is 3. The number of aliphatic hydroxyl groups excluding tert-OH is 2. The molecule has 4 aliphatic heterocycles. The molecule has 6 rings (SSSR count). The first kappa shape index (κ1) is 41.3. The van der Waals surface area contributed by atoms with Gasteiger partial charge in [-0.25, -0.2) is 0 Å². The van der Waals surface area contributed by atoms with E-state index in [1.807, 2.05) is 24.0 Å². The summed E-state index contributed by atoms with van der Waals surface area (Å²) >= 11 is 0. The van der Waals surface area contributed by atoms with E-state index in [-0.39, 0.29) is 44.7 Å². The normalized spacial score (nSPS) is 33.6. The fraction of sp³-hybridized carbons (Fsp3) is 0.465. The number of aliphatic hydroxyl groups is 2. The Morgan fingerprint density at radius 3 is 2.32 bits per heavy atom. The number of anilines is 3. The van der Waals surface area contributed by atoms with Gasteiger partial charge in [-0.05, 0) is 44.6 Å². The van der Waals surface area contributed by atoms with Gasteiger partial charge in [0, 0.05) is 67.4 Å². The molecule has 4 unspecified atom stereocenters. The molecule has 6 N–H and O–H groups in total. The molecule has 4 heterocycles. The Kier molecular flexibility index (Phi) is 11.3. The molecule has 57 heavy (non-hydrogen) atoms. The maximum absolute atomic E-state index is 14.6. The van der Waals surface area contributed by atoms with Crippen LogP contribution in [0.1, 0.15) is 71.3 Å². The predicted molar refractivity (Wildman–Crippen MR) is 215 cm³/mol. The van der Waals surface area contributed by atoms with Gasteiger partial charge in [-0.15, -0.1) is 0 Å². The molecule has 2 aromatic carbocycles. The molecule has 0 spiro atoms. The number of ether oxygens (including phenoxy) is 4. The van der Waals surface area contributed by atoms with Crippen molar-refractivity contribution in [1.82, 2.24) is 0 Å². The lowest BCUT2D eigenvalue weighted by molar-refractivity contribution is -0.160. The van der Waals surface area contributed by atoms with Gasteiger partial charge in [0.2, 0.25) is 0 Å². The van der Waals surface area contributed by atoms with Crippen molar-refractivity contribution in [3.05, 3.63) is 71.2 Å². The quantitative estimate of drug-likeness (QED) is 0.117. The van der Waals surface area contributed by atoms with Crippen LogP contribution in [0.15, 0.2) is 60.1 Å². The van der Waals surface area contributed by atoms with Crippen LogP contribution in [0.5, 0.6) is 17.2 Å². The van der Waals surface area contributed by atoms with Crippen LogP contribution >= 0.6 is 0 Å². The number of methoxy groups -OCH3 is 1. The Morgan fingerprint density at radius 1 is 0.947 bits per heavy atom. The van der Waals surface area contributed by atoms with Gasteiger partial charge >= 0.3 is 11.8 Å². The molecule has 14 nitrogen and oxygen atoms in total. The van der Waals surface area contributed by atoms with Crippen molar-refractivity contribution in [3.8, 4) is 17.2 Å². The first-order chi connectivity index (χ1) is 26.8. The van der Waals surface area contributed by atoms with Crippen LogP contribution < -0.4 is 20.3 Å². The zero-order valence-corrected chi connectivity index (χ0v) is 33.9. The highest BCUT2D eigenvalue weighted by Gasteiger charge is 2.50. The Morgan fingerprint density at radius 2 is 1.65 bits per heavy atom. The number of phenols is 2. The van der Waals surface area contributed by atoms with E-state index in [0.29, 0.717) is 11.4 Å². The number of Topliss-reactive ketones (excluding diaryl/α,β-unsaturated/α-hetero) is 1. The molecular weight excluding hydrogens is 734 g/mol. The van der Waals surface area contributed by atoms with E-state index in [1.165, 1.54) is 27.2 Å². The summed E-state index contributed by atoms with van der Waals surface area (Å²) in [5, 5.41) is 53.0. The van der Waals surface area contributed by atoms with Crippen LogP contribution in [0.2, 0.25) is 0 Å². The van der Waals surface area contributed by atoms with Crippen LogP contribution in [0.3, 0.4) is 0 Å². The molecule has 0 aromatic heterocycles. The number of esters is 1. The highest BCUT2D eigenvalue weighted by atomic mass is 16.7. The fourth-order valence-corrected chi connectivity index (χ4v) is 8.27. The summed E-state index contributed by atoms with van der Waals surface area (Å²) in [4.78, 5) is 42.6. The van der Waals surface area contributed by atoms with Crippen molar-refractivity contribution in [2.24, 2.45) is 23.7 Å². The minimum Gasteiger partial charge on any atom is -0.507 e. The summed E-state index contributed by atoms with van der Waals surface area (Å²) < 4.78 is 23.9. The van der Waals surface area contributed by atoms with Crippen LogP contribution in [0.25, 0.3) is 10.8 Å². The number of phenolic OH excluding ortho intramolecular Hbond substituents is 2. The Hall–Kier alpha value is -5.31. The van der Waals surface area contributed by atoms with Gasteiger partial charge in [0.1, 0.15) is 29.5 Å². The number of nitrogens with one attached hydrogen (secondary N) is 2. The third-order valence-corrected chi connectivity index (χ3v) is 11.8. The third kappa shape index (κ3) is 7.14. The van der Waals surface area contributed by atoms with Crippen molar-refractivity contribution < 1.29 is 53.8 Å². The van der Waals surface area contributed by atoms with E-state index in [0.717, 1.165) is 5.57 Å². The highest BCUT2D eigenvalue weighted by Crippen LogP contribution is 2.59. The first-order valence-corrected chi connectivity index (χ1v) is 19.1. The first-order valence-electron chi connectivity index (χ1n) is 19.1. The maximum atomic E-state index is 14.6. The number of amides is 1. The molecule has 0 saturated heterocycles. The molecular formula is C43H53N3O11. The van der Waals surface area contributed by atoms with E-state index in [2.05, 4.69) is 10.6 Å². The predicted octanol–water partition coefficient (Wildman–Crippen LogP) is 6.08. The molecule has 14 heteroatoms. The van der Waals surface area contributed by atoms with Gasteiger partial charge in [-0.1, -0.05) is 45.9 Å². The van der Waals surface area contributed by atoms with Gasteiger partial charge in [0.05, 0.1) is 46.9 Å². The van der Waals surface area contributed by atoms with Crippen molar-refractivity contribution in [2.75, 3.05) is 22.6 Å². The topological polar surface area (TPSA) is 196 Å². The standard InChI is InChI=1S/C43H53N3O11/c1-19-14-16-46-28(18-19)44-32-29-30-37(50)25(7)40-31(29)41(52)43(9,57-40)55-17-15-27(54-10)22(4)39(56-26(8)47)24(6)36(49)23(5)35(48)20(2)12-11-13-21(3)42(53)45-33(34(32)46)38(30)51/h11-18,20,22-24,27-28,35-36,39,44,48-51H,1-10H3,(H,45,53)/b12-11+,17-15+,21-13-/t20-,22+,23+,24?,27?,28?,35-,36+,39?,43-/m0/s1. The number of aromatic hydroxyl groups is 2. The van der Waals surface area contributed by atoms with Gasteiger partial charge in [0.25, 0.3) is 11.7 Å². The molecule has 0 aliphatic carbocycles. The summed E-state index contributed by atoms with van der Waals surface area (Å²) in [5.41, 5.74) is 2.18. The minimum absolute atomic E-state index is 0.0109. The number of ketones is 1. The van der Waals surface area contributed by atoms with Gasteiger partial charge in [-0.2, -0.15) is 0 Å². The van der Waals surface area contributed by atoms with Crippen LogP contribution in [-0.2, 0) is 23.8 Å². The molecule has 10 atom stereocenters. The summed E-state index contributed by atoms with van der Waals surface area (Å²) in [6.45, 7) is 14.8. The largest absolute Gasteiger partial charge is 0.507 e. The lowest BCUT2D eigenvalue weighted by Crippen LogP contribution is -2.46. The van der Waals surface area contributed by atoms with Gasteiger partial charge in [-0.3, -0.25) is 14.4 Å². The average Bonchev–Trinajstić information content (AvgIpc) is 3.67. The lowest BCUT2D eigenvalue weighted by Gasteiger charge is -2.38. The number of hydrogen-bond donors (Lipinski definition) is 6. The monoisotopic (exact) mass is 787 g/mol. The molecule has 0 radical (unpaired) electrons. The zero-order valence-electron chi connectivity index (χ0n) is 33.9. The summed E-state index contributed by atoms with van der Waals surface area (Å²) in [7, 11) is 1.46. The Labute approximate surface area is 332 Å². The summed E-state index contributed by atoms with van der Waals surface area (Å²) in [5.74, 6) is -6.77. The second kappa shape index (κ2) is 15.6. The fourth-order valence-electron chi connectivity index (χ4n) is 8.27. The molecule has 4 aliphatic rings. The molecule has 2 aromatic rings. The van der Waals surface area contributed by atoms with Crippen molar-refractivity contribution >= 4 is 45.5 Å². The number of benzene rings is 2. The van der Waals surface area contributed by atoms with Crippen LogP contribution in [-0.4, -0.2) is 81.6 Å². The van der Waals surface area contributed by atoms with E-state index in [4.69, 9.17) is 18.9 Å². The van der Waals surface area contributed by atoms with Crippen molar-refractivity contribution in [2.45, 2.75) is 98.7 Å². The van der Waals surface area contributed by atoms with E-state index in [1.54, 1.807) is 72.0 Å². The smallest absolute Gasteiger partial charge is 0.312 e. The molecule has 1 amide bonds. The summed E-state index contributed by atoms with van der Waals surface area (Å²) in [6.07, 6.45) is 9.12. The van der Waals surface area contributed by atoms with Crippen molar-refractivity contribution in [1.29, 1.82) is 0 Å². The van der Waals surface area contributed by atoms with E-state index >= 15 is 0 Å². The zero-order chi connectivity index (χ0) is 41.8. The second-order valence-electron chi connectivity index (χ2n) is 15.8. The molecule has 0 fully saturated rings. The number of fused-ring (bicyclic) bond motifs is 2. The van der Waals surface area contributed by atoms with E-state index < -0.39 is 83.4 Å². The lowest BCUT2D eigenvalue weighted by atomic mass is 9.78. The van der Waals surface area contributed by atoms with Crippen LogP contribution in [0.4, 0.5) is 17.1 Å². The Bertz CT molecular complexity index is 2150. The number of allylic oxidation sites excluding steroid dienone is 4. The highest BCUT2D eigenvalue weighted by molar-refractivity contribution is 6.27. The number of carbonyl (C=O) groups excluding carboxylic acids is 3. The third-order valence-electron chi connectivity index (χ3n) is 11.8. The van der Waals surface area contributed by atoms with Gasteiger partial charge < -0.3 is 54.9 Å². The molecule has 306 valence electrons. The van der Waals surface area contributed by atoms with E-state index in [9.17, 15) is 34.8 Å². The molecule has 0 saturated carbocycles. The second-order valence-corrected chi connectivity index (χ2v) is 15.8. The van der Waals surface area contributed by atoms with Gasteiger partial charge in [0.15, 0.2) is 5.75 Å². The maximum Gasteiger partial charge on any atom is 0.312 e. The Balaban J connectivity index is 1.54. The number of rotatable bonds is 2. The minimum atomic E-state index is -1.94. The van der Waals surface area contributed by atoms with Crippen LogP contribution in [0, 0.1) is 30.6 Å². The molecule has 4 bridgehead atoms. The number of nitrogens with zero attached hydrogens (tertiary/aromatic N) is 1. The number of hydrogen-bond acceptors (Lipinski definition) is 13. The SMILES string of the molecule is COC1/C=C/O[C@@]2(C)Oc3c(C)c(O)c4c(O)c(c5c(c4c3C2=O)NC2C=C(C)C=CN52)NC(=O)/C(C)=C\C=C\[C@H](C)[C@H](O)[C@@H](C)[C@@H](O)C(C)C(OC(C)=O)[C@@H]1C. The summed E-state index contributed by atoms with van der Waals surface area (Å²) in [6, 6.07) is 0. The van der Waals surface area contributed by atoms with Crippen molar-refractivity contribution in [3.63, 3.8) is 0 Å². The average molecular weight is 788 g/mol.